The van der Waals surface area contributed by atoms with Gasteiger partial charge in [-0.2, -0.15) is 5.26 Å². The molecule has 1 aliphatic heterocycles. The van der Waals surface area contributed by atoms with E-state index in [2.05, 4.69) is 27.9 Å². The molecule has 1 saturated heterocycles. The zero-order valence-corrected chi connectivity index (χ0v) is 19.4. The number of carbonyl (C=O) groups is 1. The van der Waals surface area contributed by atoms with E-state index >= 15 is 0 Å². The lowest BCUT2D eigenvalue weighted by Gasteiger charge is -2.38. The predicted molar refractivity (Wildman–Crippen MR) is 122 cm³/mol. The standard InChI is InChI=1S/C20H29N5O.3ClH/c1-23(18-7-3-2-4-8-18)16-20(26)25-12-10-24(11-13-25)19(14-21)17-6-5-9-22-15-17;;;/h5-6,9,15,18-19H,2-4,7-8,10-13,16H2,1H3;3*1H. The van der Waals surface area contributed by atoms with Gasteiger partial charge in [-0.3, -0.25) is 19.6 Å². The van der Waals surface area contributed by atoms with Gasteiger partial charge in [0, 0.05) is 50.2 Å². The summed E-state index contributed by atoms with van der Waals surface area (Å²) in [5.74, 6) is 0.215. The molecular weight excluding hydrogens is 433 g/mol. The van der Waals surface area contributed by atoms with Crippen LogP contribution in [-0.4, -0.2) is 71.4 Å². The fraction of sp³-hybridized carbons (Fsp3) is 0.650. The molecular formula is C20H32Cl3N5O. The highest BCUT2D eigenvalue weighted by atomic mass is 35.5. The van der Waals surface area contributed by atoms with Gasteiger partial charge in [-0.25, -0.2) is 0 Å². The molecule has 6 nitrogen and oxygen atoms in total. The van der Waals surface area contributed by atoms with E-state index in [4.69, 9.17) is 0 Å². The SMILES string of the molecule is CN(CC(=O)N1CCN(C(C#N)c2cccnc2)CC1)C1CCCCC1.Cl.Cl.Cl. The van der Waals surface area contributed by atoms with Crippen molar-refractivity contribution in [2.75, 3.05) is 39.8 Å². The molecule has 1 aromatic rings. The molecule has 0 spiro atoms. The van der Waals surface area contributed by atoms with Crippen molar-refractivity contribution in [1.29, 1.82) is 5.26 Å². The normalized spacial score (nSPS) is 18.6. The van der Waals surface area contributed by atoms with Crippen molar-refractivity contribution in [2.24, 2.45) is 0 Å². The Bertz CT molecular complexity index is 629. The number of nitrogens with zero attached hydrogens (tertiary/aromatic N) is 5. The summed E-state index contributed by atoms with van der Waals surface area (Å²) in [4.78, 5) is 23.1. The Balaban J connectivity index is 0.00000261. The molecule has 2 aliphatic rings. The molecule has 2 fully saturated rings. The Morgan fingerprint density at radius 3 is 2.41 bits per heavy atom. The van der Waals surface area contributed by atoms with Crippen molar-refractivity contribution in [3.63, 3.8) is 0 Å². The topological polar surface area (TPSA) is 63.5 Å². The summed E-state index contributed by atoms with van der Waals surface area (Å²) in [6.07, 6.45) is 9.80. The Morgan fingerprint density at radius 1 is 1.21 bits per heavy atom. The maximum Gasteiger partial charge on any atom is 0.236 e. The van der Waals surface area contributed by atoms with Crippen LogP contribution in [0.2, 0.25) is 0 Å². The van der Waals surface area contributed by atoms with Gasteiger partial charge < -0.3 is 4.90 Å². The number of rotatable bonds is 5. The Hall–Kier alpha value is -1.10. The van der Waals surface area contributed by atoms with Crippen LogP contribution >= 0.6 is 37.2 Å². The number of carbonyl (C=O) groups excluding carboxylic acids is 1. The van der Waals surface area contributed by atoms with Gasteiger partial charge in [-0.15, -0.1) is 37.2 Å². The molecule has 3 rings (SSSR count). The van der Waals surface area contributed by atoms with Crippen LogP contribution in [0.3, 0.4) is 0 Å². The zero-order valence-electron chi connectivity index (χ0n) is 16.9. The molecule has 29 heavy (non-hydrogen) atoms. The van der Waals surface area contributed by atoms with E-state index in [0.29, 0.717) is 25.7 Å². The van der Waals surface area contributed by atoms with E-state index in [1.807, 2.05) is 17.0 Å². The summed E-state index contributed by atoms with van der Waals surface area (Å²) in [6, 6.07) is 6.46. The van der Waals surface area contributed by atoms with Gasteiger partial charge >= 0.3 is 0 Å². The summed E-state index contributed by atoms with van der Waals surface area (Å²) in [5.41, 5.74) is 0.923. The van der Waals surface area contributed by atoms with Crippen molar-refractivity contribution in [2.45, 2.75) is 44.2 Å². The molecule has 9 heteroatoms. The second-order valence-electron chi connectivity index (χ2n) is 7.44. The van der Waals surface area contributed by atoms with Crippen molar-refractivity contribution in [1.82, 2.24) is 19.7 Å². The Labute approximate surface area is 192 Å². The number of aromatic nitrogens is 1. The molecule has 0 N–H and O–H groups in total. The largest absolute Gasteiger partial charge is 0.339 e. The molecule has 164 valence electrons. The van der Waals surface area contributed by atoms with Crippen LogP contribution in [0.25, 0.3) is 0 Å². The second-order valence-corrected chi connectivity index (χ2v) is 7.44. The van der Waals surface area contributed by atoms with Crippen molar-refractivity contribution >= 4 is 43.1 Å². The highest BCUT2D eigenvalue weighted by Gasteiger charge is 2.28. The Kier molecular flexibility index (Phi) is 13.5. The fourth-order valence-corrected chi connectivity index (χ4v) is 4.10. The van der Waals surface area contributed by atoms with E-state index in [1.165, 1.54) is 32.1 Å². The van der Waals surface area contributed by atoms with Crippen LogP contribution in [0, 0.1) is 11.3 Å². The lowest BCUT2D eigenvalue weighted by Crippen LogP contribution is -2.52. The van der Waals surface area contributed by atoms with Crippen LogP contribution in [-0.2, 0) is 4.79 Å². The van der Waals surface area contributed by atoms with E-state index in [-0.39, 0.29) is 49.2 Å². The van der Waals surface area contributed by atoms with Crippen molar-refractivity contribution in [3.8, 4) is 6.07 Å². The van der Waals surface area contributed by atoms with Gasteiger partial charge in [-0.05, 0) is 26.0 Å². The molecule has 1 aromatic heterocycles. The maximum absolute atomic E-state index is 12.7. The summed E-state index contributed by atoms with van der Waals surface area (Å²) in [6.45, 7) is 3.35. The number of nitriles is 1. The van der Waals surface area contributed by atoms with Crippen molar-refractivity contribution in [3.05, 3.63) is 30.1 Å². The third-order valence-electron chi connectivity index (χ3n) is 5.74. The highest BCUT2D eigenvalue weighted by molar-refractivity contribution is 5.86. The number of amides is 1. The first-order valence-corrected chi connectivity index (χ1v) is 9.70. The minimum Gasteiger partial charge on any atom is -0.339 e. The van der Waals surface area contributed by atoms with E-state index in [1.54, 1.807) is 12.4 Å². The van der Waals surface area contributed by atoms with Crippen LogP contribution in [0.1, 0.15) is 43.7 Å². The van der Waals surface area contributed by atoms with Gasteiger partial charge in [0.1, 0.15) is 6.04 Å². The average Bonchev–Trinajstić information content (AvgIpc) is 2.70. The number of halogens is 3. The van der Waals surface area contributed by atoms with Crippen LogP contribution in [0.15, 0.2) is 24.5 Å². The Morgan fingerprint density at radius 2 is 1.86 bits per heavy atom. The third kappa shape index (κ3) is 7.58. The maximum atomic E-state index is 12.7. The summed E-state index contributed by atoms with van der Waals surface area (Å²) >= 11 is 0. The quantitative estimate of drug-likeness (QED) is 0.669. The molecule has 1 amide bonds. The fourth-order valence-electron chi connectivity index (χ4n) is 4.10. The number of hydrogen-bond donors (Lipinski definition) is 0. The number of hydrogen-bond acceptors (Lipinski definition) is 5. The third-order valence-corrected chi connectivity index (χ3v) is 5.74. The number of likely N-dealkylation sites (N-methyl/N-ethyl adjacent to an activating group) is 1. The van der Waals surface area contributed by atoms with Gasteiger partial charge in [-0.1, -0.05) is 25.3 Å². The molecule has 1 unspecified atom stereocenters. The zero-order chi connectivity index (χ0) is 18.4. The van der Waals surface area contributed by atoms with E-state index in [0.717, 1.165) is 18.7 Å². The molecule has 2 heterocycles. The average molecular weight is 465 g/mol. The van der Waals surface area contributed by atoms with E-state index in [9.17, 15) is 10.1 Å². The minimum atomic E-state index is -0.286. The molecule has 1 atom stereocenters. The summed E-state index contributed by atoms with van der Waals surface area (Å²) < 4.78 is 0. The molecule has 0 aromatic carbocycles. The van der Waals surface area contributed by atoms with Crippen LogP contribution in [0.5, 0.6) is 0 Å². The highest BCUT2D eigenvalue weighted by Crippen LogP contribution is 2.23. The minimum absolute atomic E-state index is 0. The lowest BCUT2D eigenvalue weighted by molar-refractivity contribution is -0.134. The molecule has 1 aliphatic carbocycles. The number of piperazine rings is 1. The monoisotopic (exact) mass is 463 g/mol. The van der Waals surface area contributed by atoms with Gasteiger partial charge in [0.25, 0.3) is 0 Å². The van der Waals surface area contributed by atoms with Crippen molar-refractivity contribution < 1.29 is 4.79 Å². The van der Waals surface area contributed by atoms with Gasteiger partial charge in [0.05, 0.1) is 12.6 Å². The predicted octanol–water partition coefficient (Wildman–Crippen LogP) is 3.32. The molecule has 0 radical (unpaired) electrons. The first-order chi connectivity index (χ1) is 12.7. The van der Waals surface area contributed by atoms with E-state index < -0.39 is 0 Å². The summed E-state index contributed by atoms with van der Waals surface area (Å²) in [7, 11) is 2.08. The first-order valence-electron chi connectivity index (χ1n) is 9.70. The smallest absolute Gasteiger partial charge is 0.236 e. The summed E-state index contributed by atoms with van der Waals surface area (Å²) in [5, 5.41) is 9.56. The first kappa shape index (κ1) is 27.9. The van der Waals surface area contributed by atoms with Crippen LogP contribution in [0.4, 0.5) is 0 Å². The van der Waals surface area contributed by atoms with Crippen LogP contribution < -0.4 is 0 Å². The lowest BCUT2D eigenvalue weighted by atomic mass is 9.94. The van der Waals surface area contributed by atoms with Gasteiger partial charge in [0.2, 0.25) is 5.91 Å². The second kappa shape index (κ2) is 14.0. The molecule has 1 saturated carbocycles. The van der Waals surface area contributed by atoms with Gasteiger partial charge in [0.15, 0.2) is 0 Å². The molecule has 0 bridgehead atoms. The number of pyridine rings is 1.